The first kappa shape index (κ1) is 14.8. The highest BCUT2D eigenvalue weighted by atomic mass is 35.5. The quantitative estimate of drug-likeness (QED) is 0.934. The zero-order valence-electron chi connectivity index (χ0n) is 10.9. The van der Waals surface area contributed by atoms with E-state index in [-0.39, 0.29) is 11.9 Å². The molecule has 5 heteroatoms. The Kier molecular flexibility index (Phi) is 4.99. The van der Waals surface area contributed by atoms with Crippen LogP contribution in [-0.2, 0) is 6.42 Å². The molecule has 104 valence electrons. The van der Waals surface area contributed by atoms with Crippen LogP contribution in [0.5, 0.6) is 0 Å². The third-order valence-electron chi connectivity index (χ3n) is 2.87. The van der Waals surface area contributed by atoms with Crippen LogP contribution in [-0.4, -0.2) is 16.9 Å². The molecule has 0 aliphatic carbocycles. The van der Waals surface area contributed by atoms with Gasteiger partial charge in [-0.2, -0.15) is 0 Å². The Balaban J connectivity index is 2.02. The smallest absolute Gasteiger partial charge is 0.254 e. The first-order chi connectivity index (χ1) is 9.58. The van der Waals surface area contributed by atoms with E-state index in [1.807, 2.05) is 31.2 Å². The van der Waals surface area contributed by atoms with E-state index < -0.39 is 0 Å². The monoisotopic (exact) mass is 308 g/mol. The summed E-state index contributed by atoms with van der Waals surface area (Å²) in [7, 11) is 0. The van der Waals surface area contributed by atoms with Gasteiger partial charge in [0.2, 0.25) is 0 Å². The molecule has 0 spiro atoms. The van der Waals surface area contributed by atoms with Crippen molar-refractivity contribution in [2.75, 3.05) is 0 Å². The number of pyridine rings is 1. The van der Waals surface area contributed by atoms with Crippen LogP contribution in [0.3, 0.4) is 0 Å². The molecule has 1 amide bonds. The highest BCUT2D eigenvalue weighted by Gasteiger charge is 2.14. The Morgan fingerprint density at radius 3 is 2.70 bits per heavy atom. The van der Waals surface area contributed by atoms with Crippen molar-refractivity contribution in [3.05, 3.63) is 63.9 Å². The fourth-order valence-corrected chi connectivity index (χ4v) is 2.29. The molecule has 0 aliphatic rings. The van der Waals surface area contributed by atoms with Crippen molar-refractivity contribution >= 4 is 29.1 Å². The van der Waals surface area contributed by atoms with Gasteiger partial charge < -0.3 is 5.32 Å². The van der Waals surface area contributed by atoms with Gasteiger partial charge in [-0.05, 0) is 31.0 Å². The van der Waals surface area contributed by atoms with Gasteiger partial charge in [-0.3, -0.25) is 9.78 Å². The van der Waals surface area contributed by atoms with Gasteiger partial charge in [-0.15, -0.1) is 0 Å². The lowest BCUT2D eigenvalue weighted by Gasteiger charge is -2.15. The molecule has 0 aliphatic heterocycles. The van der Waals surface area contributed by atoms with Crippen LogP contribution in [0.1, 0.15) is 22.8 Å². The zero-order chi connectivity index (χ0) is 14.5. The van der Waals surface area contributed by atoms with Crippen molar-refractivity contribution in [2.24, 2.45) is 0 Å². The summed E-state index contributed by atoms with van der Waals surface area (Å²) in [6, 6.07) is 9.12. The third-order valence-corrected chi connectivity index (χ3v) is 3.57. The molecule has 1 unspecified atom stereocenters. The van der Waals surface area contributed by atoms with E-state index in [1.165, 1.54) is 6.20 Å². The molecule has 1 atom stereocenters. The number of hydrogen-bond donors (Lipinski definition) is 1. The SMILES string of the molecule is CC(Cc1ccccc1Cl)NC(=O)c1cnccc1Cl. The molecular formula is C15H14Cl2N2O. The summed E-state index contributed by atoms with van der Waals surface area (Å²) < 4.78 is 0. The fourth-order valence-electron chi connectivity index (χ4n) is 1.89. The molecule has 20 heavy (non-hydrogen) atoms. The lowest BCUT2D eigenvalue weighted by Crippen LogP contribution is -2.34. The Hall–Kier alpha value is -1.58. The minimum atomic E-state index is -0.234. The van der Waals surface area contributed by atoms with E-state index in [9.17, 15) is 4.79 Å². The van der Waals surface area contributed by atoms with Gasteiger partial charge in [0.25, 0.3) is 5.91 Å². The van der Waals surface area contributed by atoms with E-state index >= 15 is 0 Å². The number of carbonyl (C=O) groups is 1. The van der Waals surface area contributed by atoms with Crippen LogP contribution < -0.4 is 5.32 Å². The van der Waals surface area contributed by atoms with Crippen molar-refractivity contribution in [1.29, 1.82) is 0 Å². The number of hydrogen-bond acceptors (Lipinski definition) is 2. The second kappa shape index (κ2) is 6.73. The first-order valence-corrected chi connectivity index (χ1v) is 6.97. The zero-order valence-corrected chi connectivity index (χ0v) is 12.4. The van der Waals surface area contributed by atoms with Gasteiger partial charge in [-0.25, -0.2) is 0 Å². The maximum atomic E-state index is 12.1. The molecule has 2 rings (SSSR count). The van der Waals surface area contributed by atoms with Crippen LogP contribution in [0.25, 0.3) is 0 Å². The van der Waals surface area contributed by atoms with Gasteiger partial charge >= 0.3 is 0 Å². The molecule has 0 bridgehead atoms. The third kappa shape index (κ3) is 3.71. The highest BCUT2D eigenvalue weighted by Crippen LogP contribution is 2.17. The Morgan fingerprint density at radius 1 is 1.25 bits per heavy atom. The maximum Gasteiger partial charge on any atom is 0.254 e. The average Bonchev–Trinajstić information content (AvgIpc) is 2.41. The molecule has 1 N–H and O–H groups in total. The molecule has 1 heterocycles. The number of aromatic nitrogens is 1. The van der Waals surface area contributed by atoms with E-state index in [2.05, 4.69) is 10.3 Å². The number of nitrogens with zero attached hydrogens (tertiary/aromatic N) is 1. The number of halogens is 2. The molecule has 3 nitrogen and oxygen atoms in total. The summed E-state index contributed by atoms with van der Waals surface area (Å²) in [4.78, 5) is 16.0. The van der Waals surface area contributed by atoms with Crippen molar-refractivity contribution in [1.82, 2.24) is 10.3 Å². The molecule has 0 saturated carbocycles. The summed E-state index contributed by atoms with van der Waals surface area (Å²) in [6.07, 6.45) is 3.66. The summed E-state index contributed by atoms with van der Waals surface area (Å²) >= 11 is 12.1. The summed E-state index contributed by atoms with van der Waals surface area (Å²) in [5.41, 5.74) is 1.37. The topological polar surface area (TPSA) is 42.0 Å². The van der Waals surface area contributed by atoms with Crippen molar-refractivity contribution in [2.45, 2.75) is 19.4 Å². The van der Waals surface area contributed by atoms with Gasteiger partial charge in [0.1, 0.15) is 0 Å². The predicted molar refractivity (Wildman–Crippen MR) is 81.3 cm³/mol. The van der Waals surface area contributed by atoms with E-state index in [4.69, 9.17) is 23.2 Å². The molecule has 0 radical (unpaired) electrons. The molecular weight excluding hydrogens is 295 g/mol. The Morgan fingerprint density at radius 2 is 2.00 bits per heavy atom. The molecule has 0 saturated heterocycles. The van der Waals surface area contributed by atoms with E-state index in [0.29, 0.717) is 22.0 Å². The van der Waals surface area contributed by atoms with Gasteiger partial charge in [0.05, 0.1) is 10.6 Å². The van der Waals surface area contributed by atoms with Crippen molar-refractivity contribution < 1.29 is 4.79 Å². The molecule has 2 aromatic rings. The molecule has 1 aromatic heterocycles. The van der Waals surface area contributed by atoms with Crippen LogP contribution in [0.2, 0.25) is 10.0 Å². The number of nitrogens with one attached hydrogen (secondary N) is 1. The van der Waals surface area contributed by atoms with Crippen LogP contribution in [0, 0.1) is 0 Å². The normalized spacial score (nSPS) is 11.9. The summed E-state index contributed by atoms with van der Waals surface area (Å²) in [5, 5.41) is 3.98. The number of rotatable bonds is 4. The Labute approximate surface area is 127 Å². The van der Waals surface area contributed by atoms with Gasteiger partial charge in [0.15, 0.2) is 0 Å². The highest BCUT2D eigenvalue weighted by molar-refractivity contribution is 6.33. The first-order valence-electron chi connectivity index (χ1n) is 6.21. The van der Waals surface area contributed by atoms with Crippen molar-refractivity contribution in [3.63, 3.8) is 0 Å². The number of benzene rings is 1. The van der Waals surface area contributed by atoms with E-state index in [1.54, 1.807) is 12.3 Å². The van der Waals surface area contributed by atoms with E-state index in [0.717, 1.165) is 5.56 Å². The van der Waals surface area contributed by atoms with Gasteiger partial charge in [0, 0.05) is 23.5 Å². The minimum absolute atomic E-state index is 0.0568. The Bertz CT molecular complexity index is 616. The van der Waals surface area contributed by atoms with Crippen molar-refractivity contribution in [3.8, 4) is 0 Å². The summed E-state index contributed by atoms with van der Waals surface area (Å²) in [5.74, 6) is -0.234. The lowest BCUT2D eigenvalue weighted by atomic mass is 10.1. The maximum absolute atomic E-state index is 12.1. The van der Waals surface area contributed by atoms with Crippen LogP contribution >= 0.6 is 23.2 Å². The van der Waals surface area contributed by atoms with Crippen LogP contribution in [0.4, 0.5) is 0 Å². The standard InChI is InChI=1S/C15H14Cl2N2O/c1-10(8-11-4-2-3-5-13(11)16)19-15(20)12-9-18-7-6-14(12)17/h2-7,9-10H,8H2,1H3,(H,19,20). The summed E-state index contributed by atoms with van der Waals surface area (Å²) in [6.45, 7) is 1.92. The van der Waals surface area contributed by atoms with Crippen LogP contribution in [0.15, 0.2) is 42.7 Å². The largest absolute Gasteiger partial charge is 0.349 e. The number of amides is 1. The predicted octanol–water partition coefficient (Wildman–Crippen LogP) is 3.75. The number of carbonyl (C=O) groups excluding carboxylic acids is 1. The fraction of sp³-hybridized carbons (Fsp3) is 0.200. The second-order valence-corrected chi connectivity index (χ2v) is 5.34. The minimum Gasteiger partial charge on any atom is -0.349 e. The second-order valence-electron chi connectivity index (χ2n) is 4.53. The molecule has 1 aromatic carbocycles. The average molecular weight is 309 g/mol. The molecule has 0 fully saturated rings. The van der Waals surface area contributed by atoms with Gasteiger partial charge in [-0.1, -0.05) is 41.4 Å². The lowest BCUT2D eigenvalue weighted by molar-refractivity contribution is 0.0940.